The Kier molecular flexibility index (Phi) is 3.21. The van der Waals surface area contributed by atoms with Crippen molar-refractivity contribution in [2.45, 2.75) is 20.8 Å². The fraction of sp³-hybridized carbons (Fsp3) is 0.214. The lowest BCUT2D eigenvalue weighted by Gasteiger charge is -2.11. The van der Waals surface area contributed by atoms with Crippen molar-refractivity contribution in [3.8, 4) is 0 Å². The molecule has 0 atom stereocenters. The third kappa shape index (κ3) is 2.40. The summed E-state index contributed by atoms with van der Waals surface area (Å²) in [7, 11) is 0. The summed E-state index contributed by atoms with van der Waals surface area (Å²) < 4.78 is 0. The second-order valence-electron chi connectivity index (χ2n) is 4.45. The molecule has 0 unspecified atom stereocenters. The van der Waals surface area contributed by atoms with Crippen LogP contribution in [0.2, 0.25) is 0 Å². The summed E-state index contributed by atoms with van der Waals surface area (Å²) in [4.78, 5) is 26.5. The molecule has 2 aromatic rings. The fourth-order valence-corrected chi connectivity index (χ4v) is 1.93. The molecule has 1 aromatic heterocycles. The average Bonchev–Trinajstić information content (AvgIpc) is 2.33. The first-order valence-electron chi connectivity index (χ1n) is 5.82. The minimum atomic E-state index is -1.12. The Morgan fingerprint density at radius 3 is 2.53 bits per heavy atom. The topological polar surface area (TPSA) is 79.3 Å². The lowest BCUT2D eigenvalue weighted by atomic mass is 10.0. The van der Waals surface area contributed by atoms with Crippen LogP contribution >= 0.6 is 0 Å². The van der Waals surface area contributed by atoms with Gasteiger partial charge in [0.15, 0.2) is 5.69 Å². The number of fused-ring (bicyclic) bond motifs is 1. The molecule has 0 spiro atoms. The van der Waals surface area contributed by atoms with E-state index in [1.807, 2.05) is 26.0 Å². The van der Waals surface area contributed by atoms with Gasteiger partial charge >= 0.3 is 5.97 Å². The third-order valence-electron chi connectivity index (χ3n) is 3.04. The first kappa shape index (κ1) is 13.0. The van der Waals surface area contributed by atoms with Crippen molar-refractivity contribution in [2.24, 2.45) is 0 Å². The molecule has 0 fully saturated rings. The molecule has 2 N–H and O–H groups in total. The molecule has 1 amide bonds. The number of benzene rings is 1. The highest BCUT2D eigenvalue weighted by Gasteiger charge is 2.13. The van der Waals surface area contributed by atoms with E-state index < -0.39 is 5.97 Å². The SMILES string of the molecule is CC(=O)Nc1cc(C(=O)O)nc2c(C)c(C)ccc12. The van der Waals surface area contributed by atoms with Gasteiger partial charge in [0.25, 0.3) is 0 Å². The number of anilines is 1. The van der Waals surface area contributed by atoms with E-state index in [1.165, 1.54) is 13.0 Å². The van der Waals surface area contributed by atoms with E-state index in [4.69, 9.17) is 5.11 Å². The summed E-state index contributed by atoms with van der Waals surface area (Å²) in [5.74, 6) is -1.36. The molecule has 0 aliphatic heterocycles. The summed E-state index contributed by atoms with van der Waals surface area (Å²) in [5, 5.41) is 12.5. The van der Waals surface area contributed by atoms with Crippen molar-refractivity contribution in [2.75, 3.05) is 5.32 Å². The lowest BCUT2D eigenvalue weighted by Crippen LogP contribution is -2.09. The number of hydrogen-bond donors (Lipinski definition) is 2. The van der Waals surface area contributed by atoms with Crippen LogP contribution in [0.25, 0.3) is 10.9 Å². The maximum atomic E-state index is 11.2. The van der Waals surface area contributed by atoms with Crippen molar-refractivity contribution >= 4 is 28.5 Å². The Labute approximate surface area is 110 Å². The fourth-order valence-electron chi connectivity index (χ4n) is 1.93. The second kappa shape index (κ2) is 4.68. The Balaban J connectivity index is 2.81. The van der Waals surface area contributed by atoms with Gasteiger partial charge in [0.1, 0.15) is 0 Å². The number of nitrogens with one attached hydrogen (secondary N) is 1. The molecule has 0 bridgehead atoms. The highest BCUT2D eigenvalue weighted by Crippen LogP contribution is 2.27. The molecule has 0 saturated heterocycles. The number of carboxylic acids is 1. The van der Waals surface area contributed by atoms with Crippen molar-refractivity contribution in [3.63, 3.8) is 0 Å². The number of carbonyl (C=O) groups is 2. The Morgan fingerprint density at radius 1 is 1.26 bits per heavy atom. The lowest BCUT2D eigenvalue weighted by molar-refractivity contribution is -0.114. The number of rotatable bonds is 2. The number of carbonyl (C=O) groups excluding carboxylic acids is 1. The van der Waals surface area contributed by atoms with Crippen LogP contribution in [-0.4, -0.2) is 22.0 Å². The highest BCUT2D eigenvalue weighted by molar-refractivity contribution is 6.03. The summed E-state index contributed by atoms with van der Waals surface area (Å²) >= 11 is 0. The van der Waals surface area contributed by atoms with Gasteiger partial charge in [-0.3, -0.25) is 4.79 Å². The quantitative estimate of drug-likeness (QED) is 0.867. The minimum absolute atomic E-state index is 0.0787. The van der Waals surface area contributed by atoms with Crippen LogP contribution in [-0.2, 0) is 4.79 Å². The largest absolute Gasteiger partial charge is 0.477 e. The molecular weight excluding hydrogens is 244 g/mol. The van der Waals surface area contributed by atoms with Gasteiger partial charge < -0.3 is 10.4 Å². The predicted molar refractivity (Wildman–Crippen MR) is 72.5 cm³/mol. The van der Waals surface area contributed by atoms with Gasteiger partial charge in [-0.15, -0.1) is 0 Å². The molecule has 1 aromatic carbocycles. The van der Waals surface area contributed by atoms with Crippen molar-refractivity contribution in [1.29, 1.82) is 0 Å². The standard InChI is InChI=1S/C14H14N2O3/c1-7-4-5-10-11(15-9(3)17)6-12(14(18)19)16-13(10)8(7)2/h4-6H,1-3H3,(H,18,19)(H,15,16,17). The van der Waals surface area contributed by atoms with Gasteiger partial charge in [-0.2, -0.15) is 0 Å². The number of carboxylic acid groups (broad SMARTS) is 1. The van der Waals surface area contributed by atoms with Gasteiger partial charge in [-0.1, -0.05) is 12.1 Å². The number of aryl methyl sites for hydroxylation is 2. The first-order valence-corrected chi connectivity index (χ1v) is 5.82. The predicted octanol–water partition coefficient (Wildman–Crippen LogP) is 2.51. The molecule has 0 aliphatic rings. The van der Waals surface area contributed by atoms with E-state index in [1.54, 1.807) is 0 Å². The zero-order chi connectivity index (χ0) is 14.2. The molecule has 0 radical (unpaired) electrons. The van der Waals surface area contributed by atoms with E-state index in [0.29, 0.717) is 11.2 Å². The zero-order valence-corrected chi connectivity index (χ0v) is 10.9. The first-order chi connectivity index (χ1) is 8.90. The molecule has 0 aliphatic carbocycles. The number of aromatic carboxylic acids is 1. The van der Waals surface area contributed by atoms with E-state index in [-0.39, 0.29) is 11.6 Å². The van der Waals surface area contributed by atoms with E-state index in [2.05, 4.69) is 10.3 Å². The van der Waals surface area contributed by atoms with Crippen molar-refractivity contribution in [1.82, 2.24) is 4.98 Å². The van der Waals surface area contributed by atoms with Gasteiger partial charge in [0.05, 0.1) is 11.2 Å². The molecular formula is C14H14N2O3. The summed E-state index contributed by atoms with van der Waals surface area (Å²) in [6.07, 6.45) is 0. The third-order valence-corrected chi connectivity index (χ3v) is 3.04. The maximum absolute atomic E-state index is 11.2. The smallest absolute Gasteiger partial charge is 0.354 e. The summed E-state index contributed by atoms with van der Waals surface area (Å²) in [6, 6.07) is 5.13. The monoisotopic (exact) mass is 258 g/mol. The second-order valence-corrected chi connectivity index (χ2v) is 4.45. The number of hydrogen-bond acceptors (Lipinski definition) is 3. The highest BCUT2D eigenvalue weighted by atomic mass is 16.4. The number of amides is 1. The van der Waals surface area contributed by atoms with E-state index >= 15 is 0 Å². The van der Waals surface area contributed by atoms with Crippen LogP contribution in [0.3, 0.4) is 0 Å². The van der Waals surface area contributed by atoms with Gasteiger partial charge in [-0.25, -0.2) is 9.78 Å². The van der Waals surface area contributed by atoms with Crippen LogP contribution < -0.4 is 5.32 Å². The van der Waals surface area contributed by atoms with Gasteiger partial charge in [0.2, 0.25) is 5.91 Å². The van der Waals surface area contributed by atoms with Crippen molar-refractivity contribution in [3.05, 3.63) is 35.0 Å². The Morgan fingerprint density at radius 2 is 1.95 bits per heavy atom. The Bertz CT molecular complexity index is 693. The zero-order valence-electron chi connectivity index (χ0n) is 10.9. The van der Waals surface area contributed by atoms with Gasteiger partial charge in [-0.05, 0) is 31.0 Å². The van der Waals surface area contributed by atoms with Crippen LogP contribution in [0.15, 0.2) is 18.2 Å². The van der Waals surface area contributed by atoms with Crippen LogP contribution in [0.4, 0.5) is 5.69 Å². The maximum Gasteiger partial charge on any atom is 0.354 e. The molecule has 19 heavy (non-hydrogen) atoms. The molecule has 5 heteroatoms. The van der Waals surface area contributed by atoms with Crippen molar-refractivity contribution < 1.29 is 14.7 Å². The summed E-state index contributed by atoms with van der Waals surface area (Å²) in [6.45, 7) is 5.20. The van der Waals surface area contributed by atoms with E-state index in [9.17, 15) is 9.59 Å². The Hall–Kier alpha value is -2.43. The normalized spacial score (nSPS) is 10.5. The average molecular weight is 258 g/mol. The molecule has 98 valence electrons. The van der Waals surface area contributed by atoms with Gasteiger partial charge in [0, 0.05) is 12.3 Å². The molecule has 5 nitrogen and oxygen atoms in total. The van der Waals surface area contributed by atoms with E-state index in [0.717, 1.165) is 16.5 Å². The minimum Gasteiger partial charge on any atom is -0.477 e. The van der Waals surface area contributed by atoms with Crippen LogP contribution in [0.1, 0.15) is 28.5 Å². The van der Waals surface area contributed by atoms with Crippen LogP contribution in [0, 0.1) is 13.8 Å². The number of aromatic nitrogens is 1. The molecule has 0 saturated carbocycles. The molecule has 1 heterocycles. The summed E-state index contributed by atoms with van der Waals surface area (Å²) in [5.41, 5.74) is 2.93. The molecule has 2 rings (SSSR count). The van der Waals surface area contributed by atoms with Crippen LogP contribution in [0.5, 0.6) is 0 Å². The number of nitrogens with zero attached hydrogens (tertiary/aromatic N) is 1. The number of pyridine rings is 1.